The molecule has 248 valence electrons. The van der Waals surface area contributed by atoms with Crippen LogP contribution in [-0.2, 0) is 22.6 Å². The summed E-state index contributed by atoms with van der Waals surface area (Å²) in [5.74, 6) is 0. The number of aromatic nitrogens is 4. The first kappa shape index (κ1) is 32.0. The number of hydrogen-bond donors (Lipinski definition) is 2. The molecule has 1 atom stereocenters. The molecule has 4 aromatic rings. The van der Waals surface area contributed by atoms with Crippen molar-refractivity contribution in [3.8, 4) is 11.3 Å². The van der Waals surface area contributed by atoms with Gasteiger partial charge in [0, 0.05) is 58.3 Å². The Kier molecular flexibility index (Phi) is 8.73. The Morgan fingerprint density at radius 1 is 1.15 bits per heavy atom. The Morgan fingerprint density at radius 3 is 2.70 bits per heavy atom. The normalized spacial score (nSPS) is 19.6. The van der Waals surface area contributed by atoms with Crippen LogP contribution >= 0.6 is 15.9 Å². The maximum atomic E-state index is 13.7. The number of nitrogens with zero attached hydrogens (tertiary/aromatic N) is 5. The molecule has 10 nitrogen and oxygen atoms in total. The van der Waals surface area contributed by atoms with Crippen LogP contribution < -0.4 is 5.32 Å². The van der Waals surface area contributed by atoms with E-state index in [2.05, 4.69) is 60.7 Å². The molecule has 1 aliphatic carbocycles. The molecule has 1 unspecified atom stereocenters. The van der Waals surface area contributed by atoms with E-state index in [1.165, 1.54) is 31.9 Å². The summed E-state index contributed by atoms with van der Waals surface area (Å²) < 4.78 is 16.3. The van der Waals surface area contributed by atoms with Crippen molar-refractivity contribution < 1.29 is 14.3 Å². The van der Waals surface area contributed by atoms with E-state index in [1.54, 1.807) is 9.25 Å². The Balaban J connectivity index is 1.16. The van der Waals surface area contributed by atoms with Gasteiger partial charge in [0.2, 0.25) is 0 Å². The van der Waals surface area contributed by atoms with Crippen LogP contribution in [0.1, 0.15) is 82.5 Å². The van der Waals surface area contributed by atoms with Crippen LogP contribution in [-0.4, -0.2) is 68.3 Å². The minimum Gasteiger partial charge on any atom is -0.443 e. The summed E-state index contributed by atoms with van der Waals surface area (Å²) in [5, 5.41) is 21.7. The average molecular weight is 703 g/mol. The van der Waals surface area contributed by atoms with Gasteiger partial charge in [-0.05, 0) is 101 Å². The zero-order valence-corrected chi connectivity index (χ0v) is 29.1. The summed E-state index contributed by atoms with van der Waals surface area (Å²) in [6.45, 7) is 9.83. The summed E-state index contributed by atoms with van der Waals surface area (Å²) in [7, 11) is 0. The lowest BCUT2D eigenvalue weighted by molar-refractivity contribution is 0.0343. The molecule has 7 rings (SSSR count). The molecule has 0 amide bonds. The first-order valence-corrected chi connectivity index (χ1v) is 17.6. The number of halogens is 1. The Labute approximate surface area is 284 Å². The Hall–Kier alpha value is -3.54. The number of rotatable bonds is 8. The third-order valence-electron chi connectivity index (χ3n) is 9.78. The zero-order chi connectivity index (χ0) is 32.8. The van der Waals surface area contributed by atoms with Gasteiger partial charge in [0.25, 0.3) is 0 Å². The van der Waals surface area contributed by atoms with Crippen molar-refractivity contribution in [3.63, 3.8) is 0 Å². The van der Waals surface area contributed by atoms with E-state index in [0.717, 1.165) is 89.0 Å². The summed E-state index contributed by atoms with van der Waals surface area (Å²) in [6, 6.07) is 12.3. The van der Waals surface area contributed by atoms with Gasteiger partial charge in [0.1, 0.15) is 17.5 Å². The van der Waals surface area contributed by atoms with Gasteiger partial charge in [0.05, 0.1) is 18.3 Å². The minimum atomic E-state index is -0.607. The Morgan fingerprint density at radius 2 is 2.00 bits per heavy atom. The van der Waals surface area contributed by atoms with Gasteiger partial charge >= 0.3 is 6.09 Å². The van der Waals surface area contributed by atoms with Crippen LogP contribution in [0.25, 0.3) is 22.2 Å². The molecular weight excluding hydrogens is 658 g/mol. The third-order valence-corrected chi connectivity index (χ3v) is 10.2. The maximum Gasteiger partial charge on any atom is 0.419 e. The number of hydrogen-bond acceptors (Lipinski definition) is 8. The monoisotopic (exact) mass is 701 g/mol. The number of anilines is 1. The number of benzene rings is 2. The number of carbonyl (C=O) groups is 1. The smallest absolute Gasteiger partial charge is 0.419 e. The molecule has 2 N–H and O–H groups in total. The molecule has 1 saturated carbocycles. The van der Waals surface area contributed by atoms with Crippen molar-refractivity contribution in [3.05, 3.63) is 63.9 Å². The lowest BCUT2D eigenvalue weighted by atomic mass is 9.68. The van der Waals surface area contributed by atoms with Crippen LogP contribution in [0.2, 0.25) is 0 Å². The van der Waals surface area contributed by atoms with Crippen molar-refractivity contribution in [2.45, 2.75) is 90.6 Å². The van der Waals surface area contributed by atoms with Crippen molar-refractivity contribution in [2.24, 2.45) is 5.41 Å². The minimum absolute atomic E-state index is 0.0786. The molecule has 3 fully saturated rings. The lowest BCUT2D eigenvalue weighted by Gasteiger charge is -2.38. The van der Waals surface area contributed by atoms with Crippen LogP contribution in [0.4, 0.5) is 10.5 Å². The van der Waals surface area contributed by atoms with Gasteiger partial charge in [-0.3, -0.25) is 4.90 Å². The molecule has 2 saturated heterocycles. The standard InChI is InChI=1S/C36H44BrN7O3/c1-35(2,3)47-34(45)44-27(21-42-13-12-36(23-42)10-6-11-36)16-25-9-8-24(15-32(25)44)20-43-22-31(40-41-43)28-17-26(37)18-30(29(28)19-38)39-33-7-4-5-14-46-33/h8-9,15-19,22,33,38-39H,4-7,10-14,20-21,23H2,1-3H3. The van der Waals surface area contributed by atoms with E-state index in [4.69, 9.17) is 14.9 Å². The fraction of sp³-hybridized carbons (Fsp3) is 0.500. The van der Waals surface area contributed by atoms with Crippen molar-refractivity contribution >= 4 is 44.8 Å². The fourth-order valence-electron chi connectivity index (χ4n) is 7.34. The second-order valence-electron chi connectivity index (χ2n) is 14.5. The van der Waals surface area contributed by atoms with Crippen molar-refractivity contribution in [2.75, 3.05) is 25.0 Å². The summed E-state index contributed by atoms with van der Waals surface area (Å²) in [5.41, 5.74) is 5.72. The summed E-state index contributed by atoms with van der Waals surface area (Å²) >= 11 is 3.65. The van der Waals surface area contributed by atoms with E-state index in [-0.39, 0.29) is 12.3 Å². The quantitative estimate of drug-likeness (QED) is 0.180. The van der Waals surface area contributed by atoms with E-state index in [1.807, 2.05) is 39.1 Å². The number of carbonyl (C=O) groups excluding carboxylic acids is 1. The molecule has 4 heterocycles. The van der Waals surface area contributed by atoms with E-state index >= 15 is 0 Å². The second kappa shape index (κ2) is 12.8. The number of nitrogens with one attached hydrogen (secondary N) is 2. The predicted octanol–water partition coefficient (Wildman–Crippen LogP) is 7.81. The average Bonchev–Trinajstić information content (AvgIpc) is 3.74. The van der Waals surface area contributed by atoms with E-state index < -0.39 is 5.60 Å². The highest BCUT2D eigenvalue weighted by Crippen LogP contribution is 2.48. The topological polar surface area (TPSA) is 110 Å². The molecule has 2 aliphatic heterocycles. The van der Waals surface area contributed by atoms with Gasteiger partial charge in [-0.25, -0.2) is 14.0 Å². The predicted molar refractivity (Wildman–Crippen MR) is 187 cm³/mol. The summed E-state index contributed by atoms with van der Waals surface area (Å²) in [4.78, 5) is 16.2. The molecular formula is C36H44BrN7O3. The molecule has 2 aromatic heterocycles. The zero-order valence-electron chi connectivity index (χ0n) is 27.5. The fourth-order valence-corrected chi connectivity index (χ4v) is 7.80. The van der Waals surface area contributed by atoms with Crippen LogP contribution in [0.15, 0.2) is 47.1 Å². The Bertz CT molecular complexity index is 1800. The molecule has 0 radical (unpaired) electrons. The van der Waals surface area contributed by atoms with Gasteiger partial charge in [-0.1, -0.05) is 39.7 Å². The van der Waals surface area contributed by atoms with Crippen LogP contribution in [0, 0.1) is 10.8 Å². The largest absolute Gasteiger partial charge is 0.443 e. The van der Waals surface area contributed by atoms with Gasteiger partial charge in [-0.15, -0.1) is 5.10 Å². The number of ether oxygens (including phenoxy) is 2. The van der Waals surface area contributed by atoms with Crippen LogP contribution in [0.3, 0.4) is 0 Å². The summed E-state index contributed by atoms with van der Waals surface area (Å²) in [6.07, 6.45) is 11.2. The van der Waals surface area contributed by atoms with Crippen molar-refractivity contribution in [1.29, 1.82) is 5.41 Å². The molecule has 2 aromatic carbocycles. The molecule has 11 heteroatoms. The third kappa shape index (κ3) is 6.89. The van der Waals surface area contributed by atoms with Crippen molar-refractivity contribution in [1.82, 2.24) is 24.5 Å². The lowest BCUT2D eigenvalue weighted by Crippen LogP contribution is -2.33. The maximum absolute atomic E-state index is 13.7. The first-order valence-electron chi connectivity index (χ1n) is 16.8. The number of likely N-dealkylation sites (tertiary alicyclic amines) is 1. The highest BCUT2D eigenvalue weighted by molar-refractivity contribution is 9.10. The first-order chi connectivity index (χ1) is 22.6. The molecule has 3 aliphatic rings. The second-order valence-corrected chi connectivity index (χ2v) is 15.4. The highest BCUT2D eigenvalue weighted by atomic mass is 79.9. The molecule has 0 bridgehead atoms. The van der Waals surface area contributed by atoms with Crippen LogP contribution in [0.5, 0.6) is 0 Å². The van der Waals surface area contributed by atoms with Gasteiger partial charge < -0.3 is 20.2 Å². The van der Waals surface area contributed by atoms with Gasteiger partial charge in [0.15, 0.2) is 0 Å². The van der Waals surface area contributed by atoms with E-state index in [0.29, 0.717) is 17.7 Å². The van der Waals surface area contributed by atoms with E-state index in [9.17, 15) is 4.79 Å². The SMILES string of the molecule is CC(C)(C)OC(=O)n1c(CN2CCC3(CCC3)C2)cc2ccc(Cn3cc(-c4cc(Br)cc(NC5CCCCO5)c4C=N)nn3)cc21. The van der Waals surface area contributed by atoms with Gasteiger partial charge in [-0.2, -0.15) is 0 Å². The highest BCUT2D eigenvalue weighted by Gasteiger charge is 2.42. The number of fused-ring (bicyclic) bond motifs is 1. The molecule has 1 spiro atoms. The molecule has 47 heavy (non-hydrogen) atoms.